The first-order valence-corrected chi connectivity index (χ1v) is 10.6. The maximum Gasteiger partial charge on any atom is 0.265 e. The van der Waals surface area contributed by atoms with Crippen LogP contribution in [-0.2, 0) is 7.05 Å². The number of ketones is 1. The van der Waals surface area contributed by atoms with Crippen LogP contribution in [0.1, 0.15) is 28.4 Å². The monoisotopic (exact) mass is 442 g/mol. The number of nitrogens with zero attached hydrogens (tertiary/aromatic N) is 3. The Morgan fingerprint density at radius 1 is 1.09 bits per heavy atom. The molecule has 0 radical (unpaired) electrons. The summed E-state index contributed by atoms with van der Waals surface area (Å²) in [5.74, 6) is -0.710. The van der Waals surface area contributed by atoms with Crippen LogP contribution in [0.3, 0.4) is 0 Å². The zero-order valence-corrected chi connectivity index (χ0v) is 18.8. The highest BCUT2D eigenvalue weighted by Crippen LogP contribution is 2.30. The van der Waals surface area contributed by atoms with Crippen LogP contribution in [0, 0.1) is 0 Å². The van der Waals surface area contributed by atoms with E-state index in [1.54, 1.807) is 49.8 Å². The van der Waals surface area contributed by atoms with E-state index in [9.17, 15) is 14.7 Å². The quantitative estimate of drug-likeness (QED) is 0.419. The molecule has 2 aromatic heterocycles. The number of rotatable bonds is 7. The molecule has 7 heteroatoms. The summed E-state index contributed by atoms with van der Waals surface area (Å²) in [6.45, 7) is 0. The molecule has 1 atom stereocenters. The molecule has 2 heterocycles. The smallest absolute Gasteiger partial charge is 0.265 e. The number of nitrogens with one attached hydrogen (secondary N) is 1. The van der Waals surface area contributed by atoms with Gasteiger partial charge in [-0.2, -0.15) is 0 Å². The third-order valence-electron chi connectivity index (χ3n) is 5.76. The largest absolute Gasteiger partial charge is 0.506 e. The third-order valence-corrected chi connectivity index (χ3v) is 5.76. The van der Waals surface area contributed by atoms with Crippen LogP contribution in [0.5, 0.6) is 5.75 Å². The molecule has 0 aliphatic heterocycles. The Labute approximate surface area is 191 Å². The SMILES string of the molecule is CN(C)c1ccc([C@H](CC(=O)c2c(O)c3ccccc3n(C)c2=O)Nc2cccnc2)cc1. The van der Waals surface area contributed by atoms with Gasteiger partial charge in [0.05, 0.1) is 17.2 Å². The van der Waals surface area contributed by atoms with Crippen LogP contribution in [0.2, 0.25) is 0 Å². The van der Waals surface area contributed by atoms with Gasteiger partial charge in [0, 0.05) is 51.0 Å². The van der Waals surface area contributed by atoms with Gasteiger partial charge >= 0.3 is 0 Å². The number of hydrogen-bond acceptors (Lipinski definition) is 6. The molecule has 0 unspecified atom stereocenters. The second-order valence-corrected chi connectivity index (χ2v) is 8.16. The number of aromatic hydroxyl groups is 1. The Balaban J connectivity index is 1.73. The lowest BCUT2D eigenvalue weighted by molar-refractivity contribution is 0.0972. The molecular formula is C26H26N4O3. The molecule has 2 N–H and O–H groups in total. The molecular weight excluding hydrogens is 416 g/mol. The van der Waals surface area contributed by atoms with Crippen molar-refractivity contribution in [3.8, 4) is 5.75 Å². The molecule has 0 spiro atoms. The van der Waals surface area contributed by atoms with E-state index in [1.807, 2.05) is 49.3 Å². The predicted molar refractivity (Wildman–Crippen MR) is 131 cm³/mol. The number of aryl methyl sites for hydroxylation is 1. The van der Waals surface area contributed by atoms with Crippen molar-refractivity contribution in [2.45, 2.75) is 12.5 Å². The van der Waals surface area contributed by atoms with E-state index in [0.29, 0.717) is 10.9 Å². The van der Waals surface area contributed by atoms with Crippen molar-refractivity contribution in [3.05, 3.63) is 94.5 Å². The van der Waals surface area contributed by atoms with Crippen molar-refractivity contribution in [2.24, 2.45) is 7.05 Å². The van der Waals surface area contributed by atoms with Crippen molar-refractivity contribution in [1.82, 2.24) is 9.55 Å². The van der Waals surface area contributed by atoms with Gasteiger partial charge in [0.25, 0.3) is 5.56 Å². The number of fused-ring (bicyclic) bond motifs is 1. The lowest BCUT2D eigenvalue weighted by atomic mass is 9.96. The molecule has 7 nitrogen and oxygen atoms in total. The van der Waals surface area contributed by atoms with Crippen molar-refractivity contribution in [2.75, 3.05) is 24.3 Å². The number of aromatic nitrogens is 2. The van der Waals surface area contributed by atoms with Gasteiger partial charge in [-0.05, 0) is 42.0 Å². The molecule has 2 aromatic carbocycles. The third kappa shape index (κ3) is 4.43. The number of Topliss-reactive ketones (excluding diaryl/α,β-unsaturated/α-hetero) is 1. The first kappa shape index (κ1) is 22.1. The Bertz CT molecular complexity index is 1350. The lowest BCUT2D eigenvalue weighted by Crippen LogP contribution is -2.26. The number of carbonyl (C=O) groups is 1. The van der Waals surface area contributed by atoms with Gasteiger partial charge < -0.3 is 19.9 Å². The standard InChI is InChI=1S/C26H26N4O3/c1-29(2)19-12-10-17(11-13-19)21(28-18-7-6-14-27-16-18)15-23(31)24-25(32)20-8-4-5-9-22(20)30(3)26(24)33/h4-14,16,21,28,32H,15H2,1-3H3/t21-/m0/s1. The Kier molecular flexibility index (Phi) is 6.13. The van der Waals surface area contributed by atoms with Gasteiger partial charge in [-0.25, -0.2) is 0 Å². The Hall–Kier alpha value is -4.13. The molecule has 0 saturated carbocycles. The number of benzene rings is 2. The fraction of sp³-hybridized carbons (Fsp3) is 0.192. The molecule has 33 heavy (non-hydrogen) atoms. The molecule has 0 aliphatic rings. The van der Waals surface area contributed by atoms with E-state index in [2.05, 4.69) is 10.3 Å². The summed E-state index contributed by atoms with van der Waals surface area (Å²) >= 11 is 0. The molecule has 0 bridgehead atoms. The minimum Gasteiger partial charge on any atom is -0.506 e. The van der Waals surface area contributed by atoms with Crippen molar-refractivity contribution >= 4 is 28.1 Å². The zero-order valence-electron chi connectivity index (χ0n) is 18.8. The number of pyridine rings is 2. The van der Waals surface area contributed by atoms with Gasteiger partial charge in [0.2, 0.25) is 0 Å². The van der Waals surface area contributed by atoms with Crippen LogP contribution in [0.15, 0.2) is 77.9 Å². The Morgan fingerprint density at radius 2 is 1.82 bits per heavy atom. The van der Waals surface area contributed by atoms with E-state index < -0.39 is 17.4 Å². The lowest BCUT2D eigenvalue weighted by Gasteiger charge is -2.21. The molecule has 0 fully saturated rings. The fourth-order valence-electron chi connectivity index (χ4n) is 3.92. The summed E-state index contributed by atoms with van der Waals surface area (Å²) in [4.78, 5) is 32.5. The number of anilines is 2. The van der Waals surface area contributed by atoms with Crippen LogP contribution in [0.4, 0.5) is 11.4 Å². The van der Waals surface area contributed by atoms with E-state index in [-0.39, 0.29) is 17.7 Å². The first-order valence-electron chi connectivity index (χ1n) is 10.6. The summed E-state index contributed by atoms with van der Waals surface area (Å²) in [6, 6.07) is 18.1. The van der Waals surface area contributed by atoms with Crippen LogP contribution in [0.25, 0.3) is 10.9 Å². The van der Waals surface area contributed by atoms with E-state index in [4.69, 9.17) is 0 Å². The highest BCUT2D eigenvalue weighted by molar-refractivity contribution is 6.03. The van der Waals surface area contributed by atoms with Gasteiger partial charge in [-0.1, -0.05) is 24.3 Å². The zero-order chi connectivity index (χ0) is 23.5. The normalized spacial score (nSPS) is 11.8. The average Bonchev–Trinajstić information content (AvgIpc) is 2.83. The van der Waals surface area contributed by atoms with E-state index in [1.165, 1.54) is 4.57 Å². The molecule has 168 valence electrons. The van der Waals surface area contributed by atoms with Crippen molar-refractivity contribution in [1.29, 1.82) is 0 Å². The summed E-state index contributed by atoms with van der Waals surface area (Å²) in [7, 11) is 5.52. The van der Waals surface area contributed by atoms with Crippen LogP contribution < -0.4 is 15.8 Å². The maximum atomic E-state index is 13.4. The maximum absolute atomic E-state index is 13.4. The van der Waals surface area contributed by atoms with E-state index >= 15 is 0 Å². The van der Waals surface area contributed by atoms with Gasteiger partial charge in [0.15, 0.2) is 5.78 Å². The Morgan fingerprint density at radius 3 is 2.48 bits per heavy atom. The minimum absolute atomic E-state index is 0.0165. The highest BCUT2D eigenvalue weighted by Gasteiger charge is 2.25. The van der Waals surface area contributed by atoms with Crippen LogP contribution in [-0.4, -0.2) is 34.5 Å². The first-order chi connectivity index (χ1) is 15.9. The van der Waals surface area contributed by atoms with Crippen LogP contribution >= 0.6 is 0 Å². The topological polar surface area (TPSA) is 87.5 Å². The summed E-state index contributed by atoms with van der Waals surface area (Å²) in [5, 5.41) is 14.6. The molecule has 4 aromatic rings. The predicted octanol–water partition coefficient (Wildman–Crippen LogP) is 4.13. The number of hydrogen-bond donors (Lipinski definition) is 2. The number of para-hydroxylation sites is 1. The summed E-state index contributed by atoms with van der Waals surface area (Å²) < 4.78 is 1.40. The average molecular weight is 443 g/mol. The van der Waals surface area contributed by atoms with Crippen molar-refractivity contribution in [3.63, 3.8) is 0 Å². The second-order valence-electron chi connectivity index (χ2n) is 8.16. The molecule has 0 saturated heterocycles. The second kappa shape index (κ2) is 9.16. The molecule has 0 amide bonds. The fourth-order valence-corrected chi connectivity index (χ4v) is 3.92. The van der Waals surface area contributed by atoms with Crippen molar-refractivity contribution < 1.29 is 9.90 Å². The van der Waals surface area contributed by atoms with Gasteiger partial charge in [0.1, 0.15) is 11.3 Å². The number of carbonyl (C=O) groups excluding carboxylic acids is 1. The minimum atomic E-state index is -0.515. The summed E-state index contributed by atoms with van der Waals surface area (Å²) in [6.07, 6.45) is 3.34. The molecule has 4 rings (SSSR count). The summed E-state index contributed by atoms with van der Waals surface area (Å²) in [5.41, 5.74) is 2.53. The van der Waals surface area contributed by atoms with E-state index in [0.717, 1.165) is 16.9 Å². The molecule has 0 aliphatic carbocycles. The highest BCUT2D eigenvalue weighted by atomic mass is 16.3. The van der Waals surface area contributed by atoms with Gasteiger partial charge in [-0.15, -0.1) is 0 Å². The van der Waals surface area contributed by atoms with Gasteiger partial charge in [-0.3, -0.25) is 14.6 Å².